The third kappa shape index (κ3) is 6.38. The average Bonchev–Trinajstić information content (AvgIpc) is 2.72. The molecule has 0 aliphatic heterocycles. The molecule has 0 spiro atoms. The number of nitrogens with zero attached hydrogens (tertiary/aromatic N) is 2. The summed E-state index contributed by atoms with van der Waals surface area (Å²) in [5, 5.41) is 1.43. The highest BCUT2D eigenvalue weighted by Crippen LogP contribution is 2.15. The Hall–Kier alpha value is -2.88. The Balaban J connectivity index is 0.000000238. The Morgan fingerprint density at radius 3 is 1.93 bits per heavy atom. The molecule has 0 radical (unpaired) electrons. The van der Waals surface area contributed by atoms with Crippen LogP contribution in [0, 0.1) is 25.5 Å². The minimum absolute atomic E-state index is 0.208. The molecule has 0 unspecified atom stereocenters. The molecular formula is C24H28F2N2. The molecule has 2 heterocycles. The molecule has 0 N–H and O–H groups in total. The van der Waals surface area contributed by atoms with Gasteiger partial charge >= 0.3 is 0 Å². The van der Waals surface area contributed by atoms with E-state index in [9.17, 15) is 8.78 Å². The van der Waals surface area contributed by atoms with Gasteiger partial charge in [0.25, 0.3) is 0 Å². The number of aryl methyl sites for hydroxylation is 2. The standard InChI is InChI=1S/2C10H8FN.2C2H6/c1-7-2-3-8-6-9(11)4-5-10(8)12-7;1-7-5-6-8-9(11)3-2-4-10(8)12-7;2*1-2/h2*2-6H,1H3;2*1-2H3. The molecule has 0 saturated carbocycles. The second kappa shape index (κ2) is 11.8. The summed E-state index contributed by atoms with van der Waals surface area (Å²) in [5.41, 5.74) is 3.42. The fourth-order valence-electron chi connectivity index (χ4n) is 2.42. The number of fused-ring (bicyclic) bond motifs is 2. The number of hydrogen-bond donors (Lipinski definition) is 0. The highest BCUT2D eigenvalue weighted by atomic mass is 19.1. The van der Waals surface area contributed by atoms with Crippen molar-refractivity contribution in [1.29, 1.82) is 0 Å². The van der Waals surface area contributed by atoms with Crippen LogP contribution in [-0.4, -0.2) is 9.97 Å². The van der Waals surface area contributed by atoms with E-state index >= 15 is 0 Å². The minimum atomic E-state index is -0.215. The van der Waals surface area contributed by atoms with E-state index in [1.807, 2.05) is 65.8 Å². The van der Waals surface area contributed by atoms with Gasteiger partial charge < -0.3 is 0 Å². The van der Waals surface area contributed by atoms with Crippen LogP contribution < -0.4 is 0 Å². The van der Waals surface area contributed by atoms with E-state index in [-0.39, 0.29) is 11.6 Å². The number of halogens is 2. The molecule has 4 aromatic rings. The number of rotatable bonds is 0. The summed E-state index contributed by atoms with van der Waals surface area (Å²) in [6.45, 7) is 11.8. The van der Waals surface area contributed by atoms with Crippen molar-refractivity contribution < 1.29 is 8.78 Å². The summed E-state index contributed by atoms with van der Waals surface area (Å²) in [4.78, 5) is 8.45. The van der Waals surface area contributed by atoms with Crippen LogP contribution in [-0.2, 0) is 0 Å². The zero-order chi connectivity index (χ0) is 21.1. The molecule has 148 valence electrons. The Morgan fingerprint density at radius 2 is 1.25 bits per heavy atom. The van der Waals surface area contributed by atoms with Gasteiger partial charge in [-0.05, 0) is 62.4 Å². The summed E-state index contributed by atoms with van der Waals surface area (Å²) < 4.78 is 25.8. The summed E-state index contributed by atoms with van der Waals surface area (Å²) in [6.07, 6.45) is 0. The highest BCUT2D eigenvalue weighted by Gasteiger charge is 1.99. The summed E-state index contributed by atoms with van der Waals surface area (Å²) >= 11 is 0. The van der Waals surface area contributed by atoms with Crippen molar-refractivity contribution in [1.82, 2.24) is 9.97 Å². The first-order chi connectivity index (χ1) is 13.5. The molecule has 0 amide bonds. The lowest BCUT2D eigenvalue weighted by atomic mass is 10.2. The molecular weight excluding hydrogens is 354 g/mol. The van der Waals surface area contributed by atoms with Crippen LogP contribution in [0.1, 0.15) is 39.1 Å². The van der Waals surface area contributed by atoms with Crippen LogP contribution in [0.4, 0.5) is 8.78 Å². The van der Waals surface area contributed by atoms with E-state index in [0.29, 0.717) is 5.39 Å². The Kier molecular flexibility index (Phi) is 9.72. The third-order valence-corrected chi connectivity index (χ3v) is 3.61. The molecule has 0 aliphatic carbocycles. The van der Waals surface area contributed by atoms with Gasteiger partial charge in [-0.15, -0.1) is 0 Å². The normalized spacial score (nSPS) is 9.43. The van der Waals surface area contributed by atoms with Crippen molar-refractivity contribution >= 4 is 21.8 Å². The molecule has 0 saturated heterocycles. The van der Waals surface area contributed by atoms with Gasteiger partial charge in [0.15, 0.2) is 0 Å². The van der Waals surface area contributed by atoms with E-state index in [0.717, 1.165) is 27.8 Å². The molecule has 2 aromatic carbocycles. The Bertz CT molecular complexity index is 972. The zero-order valence-corrected chi connectivity index (χ0v) is 17.4. The van der Waals surface area contributed by atoms with Crippen LogP contribution in [0.15, 0.2) is 60.7 Å². The van der Waals surface area contributed by atoms with Crippen LogP contribution in [0.3, 0.4) is 0 Å². The topological polar surface area (TPSA) is 25.8 Å². The summed E-state index contributed by atoms with van der Waals surface area (Å²) in [6, 6.07) is 16.9. The predicted octanol–water partition coefficient (Wildman–Crippen LogP) is 7.42. The van der Waals surface area contributed by atoms with Crippen LogP contribution in [0.5, 0.6) is 0 Å². The van der Waals surface area contributed by atoms with Gasteiger partial charge in [0, 0.05) is 22.2 Å². The number of pyridine rings is 2. The predicted molar refractivity (Wildman–Crippen MR) is 116 cm³/mol. The molecule has 0 bridgehead atoms. The summed E-state index contributed by atoms with van der Waals surface area (Å²) in [5.74, 6) is -0.423. The van der Waals surface area contributed by atoms with Crippen LogP contribution in [0.2, 0.25) is 0 Å². The first-order valence-electron chi connectivity index (χ1n) is 9.58. The fraction of sp³-hybridized carbons (Fsp3) is 0.250. The van der Waals surface area contributed by atoms with Crippen molar-refractivity contribution in [3.8, 4) is 0 Å². The van der Waals surface area contributed by atoms with Gasteiger partial charge in [0.05, 0.1) is 11.0 Å². The lowest BCUT2D eigenvalue weighted by Crippen LogP contribution is -1.84. The molecule has 2 aromatic heterocycles. The van der Waals surface area contributed by atoms with E-state index in [2.05, 4.69) is 9.97 Å². The van der Waals surface area contributed by atoms with Crippen molar-refractivity contribution in [3.63, 3.8) is 0 Å². The number of benzene rings is 2. The van der Waals surface area contributed by atoms with Crippen molar-refractivity contribution in [2.75, 3.05) is 0 Å². The van der Waals surface area contributed by atoms with Crippen LogP contribution in [0.25, 0.3) is 21.8 Å². The molecule has 4 heteroatoms. The maximum Gasteiger partial charge on any atom is 0.132 e. The molecule has 4 rings (SSSR count). The number of hydrogen-bond acceptors (Lipinski definition) is 2. The quantitative estimate of drug-likeness (QED) is 0.316. The van der Waals surface area contributed by atoms with E-state index in [4.69, 9.17) is 0 Å². The van der Waals surface area contributed by atoms with Crippen LogP contribution >= 0.6 is 0 Å². The van der Waals surface area contributed by atoms with Crippen molar-refractivity contribution in [2.45, 2.75) is 41.5 Å². The smallest absolute Gasteiger partial charge is 0.132 e. The van der Waals surface area contributed by atoms with Gasteiger partial charge in [-0.1, -0.05) is 39.8 Å². The largest absolute Gasteiger partial charge is 0.253 e. The first kappa shape index (κ1) is 23.2. The average molecular weight is 382 g/mol. The van der Waals surface area contributed by atoms with E-state index in [1.54, 1.807) is 18.2 Å². The van der Waals surface area contributed by atoms with Crippen molar-refractivity contribution in [2.24, 2.45) is 0 Å². The molecule has 0 fully saturated rings. The van der Waals surface area contributed by atoms with Gasteiger partial charge in [-0.25, -0.2) is 8.78 Å². The van der Waals surface area contributed by atoms with Gasteiger partial charge in [0.1, 0.15) is 11.6 Å². The second-order valence-electron chi connectivity index (χ2n) is 5.55. The van der Waals surface area contributed by atoms with Gasteiger partial charge in [-0.2, -0.15) is 0 Å². The van der Waals surface area contributed by atoms with Crippen molar-refractivity contribution in [3.05, 3.63) is 83.7 Å². The molecule has 0 atom stereocenters. The molecule has 2 nitrogen and oxygen atoms in total. The van der Waals surface area contributed by atoms with Gasteiger partial charge in [0.2, 0.25) is 0 Å². The SMILES string of the molecule is CC.CC.Cc1ccc2c(F)cccc2n1.Cc1ccc2cc(F)ccc2n1. The lowest BCUT2D eigenvalue weighted by molar-refractivity contribution is 0.629. The fourth-order valence-corrected chi connectivity index (χ4v) is 2.42. The number of aromatic nitrogens is 2. The maximum absolute atomic E-state index is 13.1. The monoisotopic (exact) mass is 382 g/mol. The van der Waals surface area contributed by atoms with E-state index < -0.39 is 0 Å². The molecule has 0 aliphatic rings. The lowest BCUT2D eigenvalue weighted by Gasteiger charge is -1.98. The van der Waals surface area contributed by atoms with E-state index in [1.165, 1.54) is 18.2 Å². The Morgan fingerprint density at radius 1 is 0.643 bits per heavy atom. The highest BCUT2D eigenvalue weighted by molar-refractivity contribution is 5.79. The second-order valence-corrected chi connectivity index (χ2v) is 5.55. The third-order valence-electron chi connectivity index (χ3n) is 3.61. The zero-order valence-electron chi connectivity index (χ0n) is 17.4. The Labute approximate surface area is 166 Å². The maximum atomic E-state index is 13.1. The molecule has 28 heavy (non-hydrogen) atoms. The minimum Gasteiger partial charge on any atom is -0.253 e. The van der Waals surface area contributed by atoms with Gasteiger partial charge in [-0.3, -0.25) is 9.97 Å². The first-order valence-corrected chi connectivity index (χ1v) is 9.58. The summed E-state index contributed by atoms with van der Waals surface area (Å²) in [7, 11) is 0.